The van der Waals surface area contributed by atoms with E-state index in [4.69, 9.17) is 9.47 Å². The molecule has 1 N–H and O–H groups in total. The molecule has 1 fully saturated rings. The maximum atomic E-state index is 12.0. The van der Waals surface area contributed by atoms with Crippen LogP contribution in [0.5, 0.6) is 11.5 Å². The smallest absolute Gasteiger partial charge is 0.324 e. The van der Waals surface area contributed by atoms with Crippen LogP contribution in [0.3, 0.4) is 0 Å². The standard InChI is InChI=1S/C11H10N2O4/c14-10(13-4-3-12-11(13)15)7-1-2-8-9(5-7)17-6-16-8/h1-2,5H,3-4,6H2,(H,12,15). The molecule has 0 aliphatic carbocycles. The summed E-state index contributed by atoms with van der Waals surface area (Å²) in [5, 5.41) is 2.58. The Hall–Kier alpha value is -2.24. The molecule has 2 heterocycles. The van der Waals surface area contributed by atoms with Crippen molar-refractivity contribution in [2.24, 2.45) is 0 Å². The molecule has 2 aliphatic rings. The molecule has 3 amide bonds. The first-order valence-corrected chi connectivity index (χ1v) is 5.25. The van der Waals surface area contributed by atoms with E-state index >= 15 is 0 Å². The Balaban J connectivity index is 1.89. The van der Waals surface area contributed by atoms with E-state index in [0.29, 0.717) is 30.2 Å². The van der Waals surface area contributed by atoms with Gasteiger partial charge in [-0.05, 0) is 18.2 Å². The SMILES string of the molecule is O=C1NCCN1C(=O)c1ccc2c(c1)OCO2. The van der Waals surface area contributed by atoms with Gasteiger partial charge in [-0.2, -0.15) is 0 Å². The average Bonchev–Trinajstić information content (AvgIpc) is 2.95. The number of hydrogen-bond acceptors (Lipinski definition) is 4. The van der Waals surface area contributed by atoms with Crippen LogP contribution in [0.4, 0.5) is 4.79 Å². The number of hydrogen-bond donors (Lipinski definition) is 1. The number of ether oxygens (including phenoxy) is 2. The summed E-state index contributed by atoms with van der Waals surface area (Å²) in [7, 11) is 0. The average molecular weight is 234 g/mol. The molecule has 0 aromatic heterocycles. The van der Waals surface area contributed by atoms with E-state index in [2.05, 4.69) is 5.32 Å². The number of nitrogens with zero attached hydrogens (tertiary/aromatic N) is 1. The molecule has 1 saturated heterocycles. The van der Waals surface area contributed by atoms with Crippen LogP contribution in [0.2, 0.25) is 0 Å². The van der Waals surface area contributed by atoms with Crippen LogP contribution in [-0.4, -0.2) is 36.7 Å². The van der Waals surface area contributed by atoms with E-state index < -0.39 is 0 Å². The lowest BCUT2D eigenvalue weighted by atomic mass is 10.2. The van der Waals surface area contributed by atoms with Crippen molar-refractivity contribution in [3.63, 3.8) is 0 Å². The number of amides is 3. The minimum Gasteiger partial charge on any atom is -0.454 e. The highest BCUT2D eigenvalue weighted by molar-refractivity contribution is 6.05. The summed E-state index contributed by atoms with van der Waals surface area (Å²) in [4.78, 5) is 24.6. The van der Waals surface area contributed by atoms with Gasteiger partial charge in [0.2, 0.25) is 6.79 Å². The molecule has 2 aliphatic heterocycles. The van der Waals surface area contributed by atoms with Gasteiger partial charge in [-0.1, -0.05) is 0 Å². The number of rotatable bonds is 1. The van der Waals surface area contributed by atoms with Crippen LogP contribution < -0.4 is 14.8 Å². The number of fused-ring (bicyclic) bond motifs is 1. The van der Waals surface area contributed by atoms with Crippen LogP contribution in [0.15, 0.2) is 18.2 Å². The molecule has 6 nitrogen and oxygen atoms in total. The minimum absolute atomic E-state index is 0.164. The predicted molar refractivity (Wildman–Crippen MR) is 57.0 cm³/mol. The summed E-state index contributed by atoms with van der Waals surface area (Å²) in [5.41, 5.74) is 0.423. The summed E-state index contributed by atoms with van der Waals surface area (Å²) in [6.45, 7) is 1.05. The van der Waals surface area contributed by atoms with Crippen molar-refractivity contribution in [1.82, 2.24) is 10.2 Å². The van der Waals surface area contributed by atoms with Crippen LogP contribution in [-0.2, 0) is 0 Å². The first-order chi connectivity index (χ1) is 8.25. The van der Waals surface area contributed by atoms with Crippen molar-refractivity contribution in [2.75, 3.05) is 19.9 Å². The lowest BCUT2D eigenvalue weighted by Gasteiger charge is -2.12. The van der Waals surface area contributed by atoms with E-state index in [9.17, 15) is 9.59 Å². The second kappa shape index (κ2) is 3.65. The monoisotopic (exact) mass is 234 g/mol. The lowest BCUT2D eigenvalue weighted by Crippen LogP contribution is -2.34. The van der Waals surface area contributed by atoms with Crippen molar-refractivity contribution in [3.8, 4) is 11.5 Å². The minimum atomic E-state index is -0.354. The van der Waals surface area contributed by atoms with Gasteiger partial charge in [0.25, 0.3) is 5.91 Å². The Morgan fingerprint density at radius 1 is 1.29 bits per heavy atom. The first-order valence-electron chi connectivity index (χ1n) is 5.25. The third-order valence-electron chi connectivity index (χ3n) is 2.72. The Kier molecular flexibility index (Phi) is 2.14. The number of nitrogens with one attached hydrogen (secondary N) is 1. The summed E-state index contributed by atoms with van der Waals surface area (Å²) >= 11 is 0. The largest absolute Gasteiger partial charge is 0.454 e. The zero-order valence-corrected chi connectivity index (χ0v) is 8.93. The van der Waals surface area contributed by atoms with E-state index in [1.54, 1.807) is 18.2 Å². The number of benzene rings is 1. The van der Waals surface area contributed by atoms with Gasteiger partial charge < -0.3 is 14.8 Å². The van der Waals surface area contributed by atoms with Gasteiger partial charge in [-0.25, -0.2) is 4.79 Å². The number of urea groups is 1. The second-order valence-corrected chi connectivity index (χ2v) is 3.76. The van der Waals surface area contributed by atoms with E-state index in [-0.39, 0.29) is 18.7 Å². The van der Waals surface area contributed by atoms with Crippen molar-refractivity contribution in [2.45, 2.75) is 0 Å². The predicted octanol–water partition coefficient (Wildman–Crippen LogP) is 0.581. The molecular weight excluding hydrogens is 224 g/mol. The maximum Gasteiger partial charge on any atom is 0.324 e. The molecule has 0 unspecified atom stereocenters. The topological polar surface area (TPSA) is 67.9 Å². The molecule has 0 saturated carbocycles. The van der Waals surface area contributed by atoms with Crippen LogP contribution in [0, 0.1) is 0 Å². The van der Waals surface area contributed by atoms with Crippen molar-refractivity contribution in [3.05, 3.63) is 23.8 Å². The summed E-state index contributed by atoms with van der Waals surface area (Å²) < 4.78 is 10.3. The highest BCUT2D eigenvalue weighted by Gasteiger charge is 2.28. The zero-order valence-electron chi connectivity index (χ0n) is 8.93. The number of carbonyl (C=O) groups excluding carboxylic acids is 2. The van der Waals surface area contributed by atoms with Gasteiger partial charge in [-0.15, -0.1) is 0 Å². The maximum absolute atomic E-state index is 12.0. The van der Waals surface area contributed by atoms with E-state index in [1.807, 2.05) is 0 Å². The quantitative estimate of drug-likeness (QED) is 0.771. The van der Waals surface area contributed by atoms with Gasteiger partial charge >= 0.3 is 6.03 Å². The third kappa shape index (κ3) is 1.57. The molecule has 0 radical (unpaired) electrons. The fourth-order valence-corrected chi connectivity index (χ4v) is 1.85. The second-order valence-electron chi connectivity index (χ2n) is 3.76. The lowest BCUT2D eigenvalue weighted by molar-refractivity contribution is 0.0829. The van der Waals surface area contributed by atoms with Gasteiger partial charge in [0, 0.05) is 18.7 Å². The molecule has 6 heteroatoms. The Labute approximate surface area is 97.1 Å². The van der Waals surface area contributed by atoms with Gasteiger partial charge in [0.1, 0.15) is 0 Å². The zero-order chi connectivity index (χ0) is 11.8. The van der Waals surface area contributed by atoms with Gasteiger partial charge in [0.15, 0.2) is 11.5 Å². The van der Waals surface area contributed by atoms with Gasteiger partial charge in [-0.3, -0.25) is 9.69 Å². The Morgan fingerprint density at radius 2 is 2.12 bits per heavy atom. The number of carbonyl (C=O) groups is 2. The molecule has 3 rings (SSSR count). The highest BCUT2D eigenvalue weighted by Crippen LogP contribution is 2.32. The fourth-order valence-electron chi connectivity index (χ4n) is 1.85. The summed E-state index contributed by atoms with van der Waals surface area (Å²) in [5.74, 6) is 0.834. The van der Waals surface area contributed by atoms with Crippen LogP contribution in [0.25, 0.3) is 0 Å². The molecule has 1 aromatic rings. The molecule has 0 spiro atoms. The molecule has 88 valence electrons. The summed E-state index contributed by atoms with van der Waals surface area (Å²) in [6.07, 6.45) is 0. The molecule has 0 atom stereocenters. The molecular formula is C11H10N2O4. The van der Waals surface area contributed by atoms with Crippen LogP contribution >= 0.6 is 0 Å². The summed E-state index contributed by atoms with van der Waals surface area (Å²) in [6, 6.07) is 4.54. The van der Waals surface area contributed by atoms with E-state index in [0.717, 1.165) is 0 Å². The fraction of sp³-hybridized carbons (Fsp3) is 0.273. The highest BCUT2D eigenvalue weighted by atomic mass is 16.7. The van der Waals surface area contributed by atoms with Crippen molar-refractivity contribution >= 4 is 11.9 Å². The molecule has 1 aromatic carbocycles. The molecule has 17 heavy (non-hydrogen) atoms. The third-order valence-corrected chi connectivity index (χ3v) is 2.72. The Bertz CT molecular complexity index is 500. The van der Waals surface area contributed by atoms with Gasteiger partial charge in [0.05, 0.1) is 0 Å². The molecule has 0 bridgehead atoms. The van der Waals surface area contributed by atoms with Crippen molar-refractivity contribution in [1.29, 1.82) is 0 Å². The van der Waals surface area contributed by atoms with Crippen LogP contribution in [0.1, 0.15) is 10.4 Å². The van der Waals surface area contributed by atoms with E-state index in [1.165, 1.54) is 4.90 Å². The Morgan fingerprint density at radius 3 is 2.88 bits per heavy atom. The van der Waals surface area contributed by atoms with Crippen molar-refractivity contribution < 1.29 is 19.1 Å². The number of imide groups is 1. The normalized spacial score (nSPS) is 17.2. The first kappa shape index (κ1) is 9.95.